The van der Waals surface area contributed by atoms with Crippen LogP contribution in [-0.2, 0) is 0 Å². The van der Waals surface area contributed by atoms with Crippen LogP contribution in [0.15, 0.2) is 36.4 Å². The molecule has 2 aromatic carbocycles. The van der Waals surface area contributed by atoms with Gasteiger partial charge >= 0.3 is 0 Å². The van der Waals surface area contributed by atoms with Gasteiger partial charge in [-0.1, -0.05) is 17.7 Å². The second kappa shape index (κ2) is 6.67. The third kappa shape index (κ3) is 3.90. The average molecular weight is 340 g/mol. The van der Waals surface area contributed by atoms with Gasteiger partial charge in [0.1, 0.15) is 11.5 Å². The molecule has 0 saturated carbocycles. The van der Waals surface area contributed by atoms with Crippen molar-refractivity contribution in [3.8, 4) is 0 Å². The van der Waals surface area contributed by atoms with Crippen molar-refractivity contribution in [3.05, 3.63) is 62.9 Å². The van der Waals surface area contributed by atoms with Gasteiger partial charge in [0.2, 0.25) is 0 Å². The molecular formula is C14H11ClFN3O2S. The molecule has 0 spiro atoms. The number of hydrogen-bond donors (Lipinski definition) is 2. The minimum absolute atomic E-state index is 0.00130. The summed E-state index contributed by atoms with van der Waals surface area (Å²) in [5.41, 5.74) is 1.30. The van der Waals surface area contributed by atoms with Gasteiger partial charge in [-0.2, -0.15) is 0 Å². The quantitative estimate of drug-likeness (QED) is 0.489. The smallest absolute Gasteiger partial charge is 0.292 e. The lowest BCUT2D eigenvalue weighted by atomic mass is 10.2. The SMILES string of the molecule is Cc1ccc(NC(=S)Nc2ccc(Cl)c(F)c2)c([N+](=O)[O-])c1. The Bertz CT molecular complexity index is 755. The van der Waals surface area contributed by atoms with Crippen molar-refractivity contribution in [2.45, 2.75) is 6.92 Å². The summed E-state index contributed by atoms with van der Waals surface area (Å²) in [6.07, 6.45) is 0. The normalized spacial score (nSPS) is 10.1. The van der Waals surface area contributed by atoms with E-state index >= 15 is 0 Å². The first-order valence-electron chi connectivity index (χ1n) is 6.15. The van der Waals surface area contributed by atoms with E-state index in [2.05, 4.69) is 10.6 Å². The summed E-state index contributed by atoms with van der Waals surface area (Å²) in [4.78, 5) is 10.5. The van der Waals surface area contributed by atoms with Crippen LogP contribution in [0.4, 0.5) is 21.5 Å². The van der Waals surface area contributed by atoms with E-state index in [-0.39, 0.29) is 21.5 Å². The van der Waals surface area contributed by atoms with Gasteiger partial charge in [0, 0.05) is 11.8 Å². The first-order valence-corrected chi connectivity index (χ1v) is 6.93. The Kier molecular flexibility index (Phi) is 4.89. The van der Waals surface area contributed by atoms with E-state index in [1.165, 1.54) is 18.2 Å². The molecule has 0 heterocycles. The van der Waals surface area contributed by atoms with Crippen LogP contribution in [0.3, 0.4) is 0 Å². The Labute approximate surface area is 136 Å². The topological polar surface area (TPSA) is 67.2 Å². The number of halogens is 2. The molecule has 0 radical (unpaired) electrons. The molecule has 8 heteroatoms. The van der Waals surface area contributed by atoms with E-state index in [0.717, 1.165) is 5.56 Å². The van der Waals surface area contributed by atoms with E-state index in [1.807, 2.05) is 0 Å². The van der Waals surface area contributed by atoms with E-state index in [1.54, 1.807) is 25.1 Å². The zero-order valence-electron chi connectivity index (χ0n) is 11.4. The molecule has 0 atom stereocenters. The summed E-state index contributed by atoms with van der Waals surface area (Å²) in [5.74, 6) is -0.587. The largest absolute Gasteiger partial charge is 0.332 e. The molecular weight excluding hydrogens is 329 g/mol. The fourth-order valence-electron chi connectivity index (χ4n) is 1.76. The van der Waals surface area contributed by atoms with Crippen molar-refractivity contribution in [1.29, 1.82) is 0 Å². The average Bonchev–Trinajstić information content (AvgIpc) is 2.44. The Morgan fingerprint density at radius 1 is 1.27 bits per heavy atom. The number of nitrogens with zero attached hydrogens (tertiary/aromatic N) is 1. The Hall–Kier alpha value is -2.25. The van der Waals surface area contributed by atoms with E-state index in [4.69, 9.17) is 23.8 Å². The van der Waals surface area contributed by atoms with E-state index < -0.39 is 10.7 Å². The van der Waals surface area contributed by atoms with Gasteiger partial charge in [-0.3, -0.25) is 10.1 Å². The molecule has 0 amide bonds. The molecule has 0 aromatic heterocycles. The number of thiocarbonyl (C=S) groups is 1. The number of benzene rings is 2. The van der Waals surface area contributed by atoms with Gasteiger partial charge in [0.25, 0.3) is 5.69 Å². The molecule has 0 saturated heterocycles. The van der Waals surface area contributed by atoms with Crippen molar-refractivity contribution in [1.82, 2.24) is 0 Å². The van der Waals surface area contributed by atoms with Crippen molar-refractivity contribution < 1.29 is 9.31 Å². The standard InChI is InChI=1S/C14H11ClFN3O2S/c1-8-2-5-12(13(6-8)19(20)21)18-14(22)17-9-3-4-10(15)11(16)7-9/h2-7H,1H3,(H2,17,18,22). The summed E-state index contributed by atoms with van der Waals surface area (Å²) in [6, 6.07) is 8.83. The fourth-order valence-corrected chi connectivity index (χ4v) is 2.10. The molecule has 2 aromatic rings. The zero-order chi connectivity index (χ0) is 16.3. The maximum Gasteiger partial charge on any atom is 0.292 e. The molecule has 22 heavy (non-hydrogen) atoms. The minimum atomic E-state index is -0.587. The number of aryl methyl sites for hydroxylation is 1. The monoisotopic (exact) mass is 339 g/mol. The van der Waals surface area contributed by atoms with Crippen LogP contribution in [0.25, 0.3) is 0 Å². The van der Waals surface area contributed by atoms with E-state index in [0.29, 0.717) is 5.69 Å². The second-order valence-electron chi connectivity index (χ2n) is 4.49. The van der Waals surface area contributed by atoms with Crippen molar-refractivity contribution >= 4 is 46.0 Å². The first-order chi connectivity index (χ1) is 10.4. The van der Waals surface area contributed by atoms with Crippen LogP contribution >= 0.6 is 23.8 Å². The van der Waals surface area contributed by atoms with Gasteiger partial charge < -0.3 is 10.6 Å². The maximum atomic E-state index is 13.3. The van der Waals surface area contributed by atoms with Gasteiger partial charge in [-0.05, 0) is 49.0 Å². The van der Waals surface area contributed by atoms with Crippen molar-refractivity contribution in [2.75, 3.05) is 10.6 Å². The number of nitro benzene ring substituents is 1. The Balaban J connectivity index is 2.15. The van der Waals surface area contributed by atoms with Crippen LogP contribution in [-0.4, -0.2) is 10.0 Å². The highest BCUT2D eigenvalue weighted by atomic mass is 35.5. The van der Waals surface area contributed by atoms with Crippen molar-refractivity contribution in [3.63, 3.8) is 0 Å². The fraction of sp³-hybridized carbons (Fsp3) is 0.0714. The molecule has 0 unspecified atom stereocenters. The minimum Gasteiger partial charge on any atom is -0.332 e. The molecule has 0 aliphatic heterocycles. The summed E-state index contributed by atoms with van der Waals surface area (Å²) in [7, 11) is 0. The van der Waals surface area contributed by atoms with Crippen LogP contribution in [0.5, 0.6) is 0 Å². The van der Waals surface area contributed by atoms with Gasteiger partial charge in [-0.25, -0.2) is 4.39 Å². The summed E-state index contributed by atoms with van der Waals surface area (Å²) in [5, 5.41) is 16.6. The summed E-state index contributed by atoms with van der Waals surface area (Å²) < 4.78 is 13.3. The van der Waals surface area contributed by atoms with Gasteiger partial charge in [-0.15, -0.1) is 0 Å². The number of anilines is 2. The highest BCUT2D eigenvalue weighted by Crippen LogP contribution is 2.25. The lowest BCUT2D eigenvalue weighted by Gasteiger charge is -2.11. The lowest BCUT2D eigenvalue weighted by Crippen LogP contribution is -2.19. The molecule has 0 aliphatic rings. The second-order valence-corrected chi connectivity index (χ2v) is 5.30. The van der Waals surface area contributed by atoms with Crippen LogP contribution in [0.2, 0.25) is 5.02 Å². The summed E-state index contributed by atoms with van der Waals surface area (Å²) >= 11 is 10.7. The van der Waals surface area contributed by atoms with Crippen molar-refractivity contribution in [2.24, 2.45) is 0 Å². The molecule has 114 valence electrons. The molecule has 5 nitrogen and oxygen atoms in total. The number of nitro groups is 1. The summed E-state index contributed by atoms with van der Waals surface area (Å²) in [6.45, 7) is 1.75. The number of hydrogen-bond acceptors (Lipinski definition) is 3. The van der Waals surface area contributed by atoms with Crippen LogP contribution < -0.4 is 10.6 Å². The molecule has 2 N–H and O–H groups in total. The third-order valence-electron chi connectivity index (χ3n) is 2.78. The molecule has 0 fully saturated rings. The van der Waals surface area contributed by atoms with Gasteiger partial charge in [0.15, 0.2) is 5.11 Å². The zero-order valence-corrected chi connectivity index (χ0v) is 13.0. The molecule has 0 bridgehead atoms. The highest BCUT2D eigenvalue weighted by Gasteiger charge is 2.14. The predicted molar refractivity (Wildman–Crippen MR) is 89.1 cm³/mol. The number of nitrogens with one attached hydrogen (secondary N) is 2. The first kappa shape index (κ1) is 16.1. The highest BCUT2D eigenvalue weighted by molar-refractivity contribution is 7.80. The molecule has 0 aliphatic carbocycles. The molecule has 2 rings (SSSR count). The van der Waals surface area contributed by atoms with Crippen LogP contribution in [0, 0.1) is 22.9 Å². The predicted octanol–water partition coefficient (Wildman–Crippen LogP) is 4.50. The Morgan fingerprint density at radius 2 is 2.00 bits per heavy atom. The number of rotatable bonds is 3. The Morgan fingerprint density at radius 3 is 2.64 bits per heavy atom. The third-order valence-corrected chi connectivity index (χ3v) is 3.29. The van der Waals surface area contributed by atoms with E-state index in [9.17, 15) is 14.5 Å². The van der Waals surface area contributed by atoms with Crippen LogP contribution in [0.1, 0.15) is 5.56 Å². The van der Waals surface area contributed by atoms with Gasteiger partial charge in [0.05, 0.1) is 9.95 Å². The lowest BCUT2D eigenvalue weighted by molar-refractivity contribution is -0.383. The maximum absolute atomic E-state index is 13.3.